The van der Waals surface area contributed by atoms with Crippen molar-refractivity contribution in [1.82, 2.24) is 10.3 Å². The van der Waals surface area contributed by atoms with Crippen molar-refractivity contribution in [2.24, 2.45) is 0 Å². The molecule has 0 spiro atoms. The predicted octanol–water partition coefficient (Wildman–Crippen LogP) is 2.73. The lowest BCUT2D eigenvalue weighted by atomic mass is 10.1. The van der Waals surface area contributed by atoms with Gasteiger partial charge in [-0.15, -0.1) is 0 Å². The number of para-hydroxylation sites is 1. The van der Waals surface area contributed by atoms with Crippen LogP contribution in [-0.2, 0) is 17.8 Å². The molecule has 1 amide bonds. The molecule has 0 bridgehead atoms. The number of pyridine rings is 1. The van der Waals surface area contributed by atoms with Gasteiger partial charge < -0.3 is 10.1 Å². The number of carbonyl (C=O) groups is 1. The van der Waals surface area contributed by atoms with Crippen LogP contribution in [0.2, 0.25) is 0 Å². The molecule has 4 heteroatoms. The molecule has 1 unspecified atom stereocenters. The smallest absolute Gasteiger partial charge is 0.261 e. The van der Waals surface area contributed by atoms with E-state index < -0.39 is 6.10 Å². The lowest BCUT2D eigenvalue weighted by molar-refractivity contribution is -0.127. The third-order valence-electron chi connectivity index (χ3n) is 3.20. The first-order chi connectivity index (χ1) is 10.2. The number of nitrogens with one attached hydrogen (secondary N) is 1. The van der Waals surface area contributed by atoms with E-state index in [1.54, 1.807) is 13.1 Å². The molecule has 4 nitrogen and oxygen atoms in total. The molecule has 1 aromatic carbocycles. The van der Waals surface area contributed by atoms with Crippen LogP contribution in [0.25, 0.3) is 0 Å². The van der Waals surface area contributed by atoms with Gasteiger partial charge in [-0.05, 0) is 37.1 Å². The molecule has 2 rings (SSSR count). The van der Waals surface area contributed by atoms with E-state index in [0.717, 1.165) is 23.4 Å². The van der Waals surface area contributed by atoms with Gasteiger partial charge in [-0.2, -0.15) is 0 Å². The molecule has 110 valence electrons. The normalized spacial score (nSPS) is 11.7. The Morgan fingerprint density at radius 2 is 2.00 bits per heavy atom. The maximum atomic E-state index is 12.1. The Kier molecular flexibility index (Phi) is 5.32. The number of nitrogens with zero attached hydrogens (tertiary/aromatic N) is 1. The summed E-state index contributed by atoms with van der Waals surface area (Å²) in [5, 5.41) is 2.83. The van der Waals surface area contributed by atoms with Crippen molar-refractivity contribution in [2.45, 2.75) is 32.9 Å². The minimum atomic E-state index is -0.540. The molecule has 0 radical (unpaired) electrons. The minimum absolute atomic E-state index is 0.147. The molecule has 0 aliphatic rings. The van der Waals surface area contributed by atoms with Crippen LogP contribution < -0.4 is 10.1 Å². The maximum Gasteiger partial charge on any atom is 0.261 e. The van der Waals surface area contributed by atoms with E-state index in [0.29, 0.717) is 6.54 Å². The fourth-order valence-electron chi connectivity index (χ4n) is 1.98. The minimum Gasteiger partial charge on any atom is -0.481 e. The summed E-state index contributed by atoms with van der Waals surface area (Å²) in [7, 11) is 0. The Morgan fingerprint density at radius 3 is 2.71 bits per heavy atom. The van der Waals surface area contributed by atoms with Crippen LogP contribution in [-0.4, -0.2) is 17.0 Å². The van der Waals surface area contributed by atoms with Gasteiger partial charge in [0, 0.05) is 6.20 Å². The summed E-state index contributed by atoms with van der Waals surface area (Å²) in [6.45, 7) is 4.22. The first-order valence-electron chi connectivity index (χ1n) is 7.13. The van der Waals surface area contributed by atoms with Crippen LogP contribution in [0, 0.1) is 0 Å². The largest absolute Gasteiger partial charge is 0.481 e. The SMILES string of the molecule is CCc1ccccc1OC(C)C(=O)NCc1ccccn1. The van der Waals surface area contributed by atoms with Crippen LogP contribution in [0.5, 0.6) is 5.75 Å². The molecule has 0 fully saturated rings. The third kappa shape index (κ3) is 4.31. The summed E-state index contributed by atoms with van der Waals surface area (Å²) in [6, 6.07) is 13.4. The zero-order valence-corrected chi connectivity index (χ0v) is 12.4. The van der Waals surface area contributed by atoms with E-state index in [-0.39, 0.29) is 5.91 Å². The van der Waals surface area contributed by atoms with Gasteiger partial charge in [-0.3, -0.25) is 9.78 Å². The van der Waals surface area contributed by atoms with Crippen LogP contribution in [0.1, 0.15) is 25.1 Å². The van der Waals surface area contributed by atoms with E-state index >= 15 is 0 Å². The van der Waals surface area contributed by atoms with E-state index in [9.17, 15) is 4.79 Å². The summed E-state index contributed by atoms with van der Waals surface area (Å²) in [5.41, 5.74) is 1.92. The summed E-state index contributed by atoms with van der Waals surface area (Å²) >= 11 is 0. The van der Waals surface area contributed by atoms with Gasteiger partial charge in [0.05, 0.1) is 12.2 Å². The molecular formula is C17H20N2O2. The zero-order valence-electron chi connectivity index (χ0n) is 12.4. The average Bonchev–Trinajstić information content (AvgIpc) is 2.54. The van der Waals surface area contributed by atoms with Gasteiger partial charge in [-0.25, -0.2) is 0 Å². The molecule has 0 aliphatic carbocycles. The highest BCUT2D eigenvalue weighted by molar-refractivity contribution is 5.80. The van der Waals surface area contributed by atoms with E-state index in [1.807, 2.05) is 42.5 Å². The summed E-state index contributed by atoms with van der Waals surface area (Å²) in [6.07, 6.45) is 2.04. The van der Waals surface area contributed by atoms with Crippen LogP contribution >= 0.6 is 0 Å². The van der Waals surface area contributed by atoms with Gasteiger partial charge in [0.2, 0.25) is 0 Å². The molecule has 0 saturated heterocycles. The van der Waals surface area contributed by atoms with E-state index in [1.165, 1.54) is 0 Å². The quantitative estimate of drug-likeness (QED) is 0.887. The number of ether oxygens (including phenoxy) is 1. The predicted molar refractivity (Wildman–Crippen MR) is 82.0 cm³/mol. The second-order valence-electron chi connectivity index (χ2n) is 4.76. The molecule has 2 aromatic rings. The van der Waals surface area contributed by atoms with Gasteiger partial charge in [0.15, 0.2) is 6.10 Å². The Hall–Kier alpha value is -2.36. The van der Waals surface area contributed by atoms with E-state index in [2.05, 4.69) is 17.2 Å². The van der Waals surface area contributed by atoms with Crippen molar-refractivity contribution in [3.63, 3.8) is 0 Å². The highest BCUT2D eigenvalue weighted by Crippen LogP contribution is 2.19. The van der Waals surface area contributed by atoms with E-state index in [4.69, 9.17) is 4.74 Å². The van der Waals surface area contributed by atoms with Crippen molar-refractivity contribution in [3.05, 3.63) is 59.9 Å². The average molecular weight is 284 g/mol. The van der Waals surface area contributed by atoms with Crippen molar-refractivity contribution in [2.75, 3.05) is 0 Å². The Morgan fingerprint density at radius 1 is 1.24 bits per heavy atom. The standard InChI is InChI=1S/C17H20N2O2/c1-3-14-8-4-5-10-16(14)21-13(2)17(20)19-12-15-9-6-7-11-18-15/h4-11,13H,3,12H2,1-2H3,(H,19,20). The van der Waals surface area contributed by atoms with Crippen LogP contribution in [0.4, 0.5) is 0 Å². The molecule has 21 heavy (non-hydrogen) atoms. The van der Waals surface area contributed by atoms with Crippen LogP contribution in [0.15, 0.2) is 48.7 Å². The number of amides is 1. The first-order valence-corrected chi connectivity index (χ1v) is 7.13. The van der Waals surface area contributed by atoms with Crippen molar-refractivity contribution in [3.8, 4) is 5.75 Å². The number of aromatic nitrogens is 1. The van der Waals surface area contributed by atoms with Crippen molar-refractivity contribution >= 4 is 5.91 Å². The van der Waals surface area contributed by atoms with Crippen molar-refractivity contribution in [1.29, 1.82) is 0 Å². The lowest BCUT2D eigenvalue weighted by Gasteiger charge is -2.16. The number of rotatable bonds is 6. The second-order valence-corrected chi connectivity index (χ2v) is 4.76. The second kappa shape index (κ2) is 7.43. The third-order valence-corrected chi connectivity index (χ3v) is 3.20. The van der Waals surface area contributed by atoms with Gasteiger partial charge >= 0.3 is 0 Å². The number of hydrogen-bond donors (Lipinski definition) is 1. The fraction of sp³-hybridized carbons (Fsp3) is 0.294. The van der Waals surface area contributed by atoms with Crippen LogP contribution in [0.3, 0.4) is 0 Å². The Balaban J connectivity index is 1.90. The monoisotopic (exact) mass is 284 g/mol. The molecule has 0 aliphatic heterocycles. The van der Waals surface area contributed by atoms with Gasteiger partial charge in [-0.1, -0.05) is 31.2 Å². The number of carbonyl (C=O) groups excluding carboxylic acids is 1. The highest BCUT2D eigenvalue weighted by atomic mass is 16.5. The fourth-order valence-corrected chi connectivity index (χ4v) is 1.98. The van der Waals surface area contributed by atoms with Gasteiger partial charge in [0.25, 0.3) is 5.91 Å². The molecule has 1 atom stereocenters. The highest BCUT2D eigenvalue weighted by Gasteiger charge is 2.15. The molecule has 1 aromatic heterocycles. The molecule has 1 N–H and O–H groups in total. The van der Waals surface area contributed by atoms with Crippen molar-refractivity contribution < 1.29 is 9.53 Å². The number of benzene rings is 1. The Labute approximate surface area is 125 Å². The topological polar surface area (TPSA) is 51.2 Å². The molecular weight excluding hydrogens is 264 g/mol. The van der Waals surface area contributed by atoms with Gasteiger partial charge in [0.1, 0.15) is 5.75 Å². The zero-order chi connectivity index (χ0) is 15.1. The Bertz CT molecular complexity index is 584. The first kappa shape index (κ1) is 15.0. The lowest BCUT2D eigenvalue weighted by Crippen LogP contribution is -2.36. The summed E-state index contributed by atoms with van der Waals surface area (Å²) < 4.78 is 5.75. The number of hydrogen-bond acceptors (Lipinski definition) is 3. The maximum absolute atomic E-state index is 12.1. The summed E-state index contributed by atoms with van der Waals surface area (Å²) in [4.78, 5) is 16.2. The summed E-state index contributed by atoms with van der Waals surface area (Å²) in [5.74, 6) is 0.618. The molecule has 1 heterocycles. The number of aryl methyl sites for hydroxylation is 1. The molecule has 0 saturated carbocycles.